The first-order valence-corrected chi connectivity index (χ1v) is 11.4. The Hall–Kier alpha value is -3.08. The van der Waals surface area contributed by atoms with Crippen LogP contribution in [0.5, 0.6) is 0 Å². The minimum atomic E-state index is -0.366. The number of para-hydroxylation sites is 2. The second-order valence-electron chi connectivity index (χ2n) is 6.62. The van der Waals surface area contributed by atoms with E-state index in [0.717, 1.165) is 31.5 Å². The number of rotatable bonds is 5. The van der Waals surface area contributed by atoms with Crippen LogP contribution in [0.1, 0.15) is 11.4 Å². The lowest BCUT2D eigenvalue weighted by Gasteiger charge is -2.18. The highest BCUT2D eigenvalue weighted by atomic mass is 35.5. The summed E-state index contributed by atoms with van der Waals surface area (Å²) in [6.07, 6.45) is 2.09. The van der Waals surface area contributed by atoms with E-state index < -0.39 is 0 Å². The fourth-order valence-corrected chi connectivity index (χ4v) is 5.17. The van der Waals surface area contributed by atoms with Gasteiger partial charge in [0.1, 0.15) is 5.82 Å². The highest BCUT2D eigenvalue weighted by Crippen LogP contribution is 2.41. The Bertz CT molecular complexity index is 1270. The molecule has 4 N–H and O–H groups in total. The Kier molecular flexibility index (Phi) is 5.49. The number of hydrogen-bond acceptors (Lipinski definition) is 7. The third-order valence-electron chi connectivity index (χ3n) is 4.51. The Morgan fingerprint density at radius 3 is 3.03 bits per heavy atom. The summed E-state index contributed by atoms with van der Waals surface area (Å²) in [5, 5.41) is 18.2. The summed E-state index contributed by atoms with van der Waals surface area (Å²) in [4.78, 5) is 20.9. The fourth-order valence-electron chi connectivity index (χ4n) is 3.13. The molecule has 1 aliphatic rings. The lowest BCUT2D eigenvalue weighted by atomic mass is 10.1. The molecule has 0 unspecified atom stereocenters. The number of halogens is 1. The summed E-state index contributed by atoms with van der Waals surface area (Å²) in [6, 6.07) is 13.1. The Morgan fingerprint density at radius 2 is 2.13 bits per heavy atom. The van der Waals surface area contributed by atoms with E-state index in [-0.39, 0.29) is 12.6 Å². The third kappa shape index (κ3) is 4.50. The minimum absolute atomic E-state index is 0.278. The molecule has 0 radical (unpaired) electrons. The predicted molar refractivity (Wildman–Crippen MR) is 126 cm³/mol. The average molecular weight is 470 g/mol. The van der Waals surface area contributed by atoms with Crippen molar-refractivity contribution in [1.82, 2.24) is 25.5 Å². The average Bonchev–Trinajstić information content (AvgIpc) is 3.38. The van der Waals surface area contributed by atoms with Crippen LogP contribution >= 0.6 is 34.7 Å². The van der Waals surface area contributed by atoms with E-state index in [9.17, 15) is 4.79 Å². The van der Waals surface area contributed by atoms with E-state index in [1.807, 2.05) is 42.5 Å². The summed E-state index contributed by atoms with van der Waals surface area (Å²) >= 11 is 8.91. The molecule has 11 heteroatoms. The van der Waals surface area contributed by atoms with Crippen molar-refractivity contribution < 1.29 is 4.79 Å². The fraction of sp³-hybridized carbons (Fsp3) is 0.100. The maximum absolute atomic E-state index is 12.2. The third-order valence-corrected chi connectivity index (χ3v) is 6.74. The molecule has 1 aliphatic heterocycles. The Morgan fingerprint density at radius 1 is 1.23 bits per heavy atom. The molecule has 31 heavy (non-hydrogen) atoms. The van der Waals surface area contributed by atoms with Gasteiger partial charge in [-0.1, -0.05) is 59.0 Å². The zero-order valence-corrected chi connectivity index (χ0v) is 18.4. The predicted octanol–water partition coefficient (Wildman–Crippen LogP) is 4.95. The maximum atomic E-state index is 12.2. The highest BCUT2D eigenvalue weighted by Gasteiger charge is 2.17. The first-order valence-electron chi connectivity index (χ1n) is 9.38. The van der Waals surface area contributed by atoms with E-state index in [0.29, 0.717) is 22.5 Å². The second kappa shape index (κ2) is 8.58. The van der Waals surface area contributed by atoms with Crippen LogP contribution in [-0.2, 0) is 6.54 Å². The van der Waals surface area contributed by atoms with E-state index >= 15 is 0 Å². The van der Waals surface area contributed by atoms with E-state index in [2.05, 4.69) is 42.2 Å². The van der Waals surface area contributed by atoms with Crippen molar-refractivity contribution in [3.05, 3.63) is 65.0 Å². The molecule has 0 bridgehead atoms. The topological polar surface area (TPSA) is 108 Å². The highest BCUT2D eigenvalue weighted by molar-refractivity contribution is 8.09. The Labute approximate surface area is 190 Å². The van der Waals surface area contributed by atoms with Crippen LogP contribution in [0.3, 0.4) is 0 Å². The number of aromatic amines is 1. The first kappa shape index (κ1) is 19.9. The van der Waals surface area contributed by atoms with Gasteiger partial charge in [0.2, 0.25) is 5.13 Å². The van der Waals surface area contributed by atoms with Gasteiger partial charge in [0.05, 0.1) is 17.6 Å². The summed E-state index contributed by atoms with van der Waals surface area (Å²) < 4.78 is 0.738. The van der Waals surface area contributed by atoms with Crippen LogP contribution in [0.15, 0.2) is 52.9 Å². The van der Waals surface area contributed by atoms with E-state index in [1.165, 1.54) is 23.1 Å². The normalized spacial score (nSPS) is 12.7. The van der Waals surface area contributed by atoms with Gasteiger partial charge in [-0.15, -0.1) is 10.2 Å². The lowest BCUT2D eigenvalue weighted by Crippen LogP contribution is -2.28. The minimum Gasteiger partial charge on any atom is -0.381 e. The standard InChI is InChI=1S/C20H16ClN7OS2/c21-11-5-6-12-15(9-11)22-8-7-16(12)30-20-28-27-19(31-20)26-18(29)23-10-17-24-13-3-1-2-4-14(13)25-17/h1-7,9,22H,8,10H2,(H,24,25)(H2,23,26,27,29). The summed E-state index contributed by atoms with van der Waals surface area (Å²) in [7, 11) is 0. The van der Waals surface area contributed by atoms with Crippen LogP contribution in [0, 0.1) is 0 Å². The number of thioether (sulfide) groups is 1. The number of nitrogens with zero attached hydrogens (tertiary/aromatic N) is 3. The molecule has 0 saturated carbocycles. The molecule has 3 heterocycles. The summed E-state index contributed by atoms with van der Waals surface area (Å²) in [5.41, 5.74) is 3.85. The van der Waals surface area contributed by atoms with Crippen molar-refractivity contribution in [2.75, 3.05) is 17.2 Å². The van der Waals surface area contributed by atoms with Gasteiger partial charge in [-0.3, -0.25) is 5.32 Å². The van der Waals surface area contributed by atoms with Gasteiger partial charge in [-0.25, -0.2) is 9.78 Å². The van der Waals surface area contributed by atoms with Gasteiger partial charge in [-0.2, -0.15) is 0 Å². The van der Waals surface area contributed by atoms with Crippen molar-refractivity contribution >= 4 is 67.5 Å². The van der Waals surface area contributed by atoms with Gasteiger partial charge < -0.3 is 15.6 Å². The molecule has 0 aliphatic carbocycles. The number of urea groups is 1. The van der Waals surface area contributed by atoms with Crippen molar-refractivity contribution in [1.29, 1.82) is 0 Å². The lowest BCUT2D eigenvalue weighted by molar-refractivity contribution is 0.251. The molecule has 0 saturated heterocycles. The molecule has 156 valence electrons. The van der Waals surface area contributed by atoms with Crippen LogP contribution in [0.4, 0.5) is 15.6 Å². The molecular weight excluding hydrogens is 454 g/mol. The number of nitrogens with one attached hydrogen (secondary N) is 4. The second-order valence-corrected chi connectivity index (χ2v) is 9.33. The molecule has 2 amide bonds. The zero-order chi connectivity index (χ0) is 21.2. The molecule has 2 aromatic heterocycles. The van der Waals surface area contributed by atoms with Crippen LogP contribution in [0.2, 0.25) is 5.02 Å². The number of aromatic nitrogens is 4. The molecule has 5 rings (SSSR count). The monoisotopic (exact) mass is 469 g/mol. The van der Waals surface area contributed by atoms with Crippen molar-refractivity contribution in [2.24, 2.45) is 0 Å². The smallest absolute Gasteiger partial charge is 0.321 e. The number of carbonyl (C=O) groups excluding carboxylic acids is 1. The number of benzene rings is 2. The van der Waals surface area contributed by atoms with Crippen molar-refractivity contribution in [2.45, 2.75) is 10.9 Å². The van der Waals surface area contributed by atoms with Crippen LogP contribution in [-0.4, -0.2) is 32.7 Å². The molecule has 0 spiro atoms. The van der Waals surface area contributed by atoms with Gasteiger partial charge >= 0.3 is 6.03 Å². The van der Waals surface area contributed by atoms with Crippen molar-refractivity contribution in [3.63, 3.8) is 0 Å². The van der Waals surface area contributed by atoms with E-state index in [1.54, 1.807) is 0 Å². The SMILES string of the molecule is O=C(NCc1nc2ccccc2[nH]1)Nc1nnc(SC2=CCNc3cc(Cl)ccc32)s1. The molecular formula is C20H16ClN7OS2. The summed E-state index contributed by atoms with van der Waals surface area (Å²) in [5.74, 6) is 0.682. The largest absolute Gasteiger partial charge is 0.381 e. The number of fused-ring (bicyclic) bond motifs is 2. The molecule has 8 nitrogen and oxygen atoms in total. The molecule has 2 aromatic carbocycles. The molecule has 0 atom stereocenters. The van der Waals surface area contributed by atoms with Gasteiger partial charge in [0.15, 0.2) is 4.34 Å². The number of carbonyl (C=O) groups is 1. The number of hydrogen-bond donors (Lipinski definition) is 4. The van der Waals surface area contributed by atoms with Crippen LogP contribution < -0.4 is 16.0 Å². The quantitative estimate of drug-likeness (QED) is 0.308. The number of imidazole rings is 1. The first-order chi connectivity index (χ1) is 15.1. The van der Waals surface area contributed by atoms with Crippen molar-refractivity contribution in [3.8, 4) is 0 Å². The number of H-pyrrole nitrogens is 1. The Balaban J connectivity index is 1.19. The van der Waals surface area contributed by atoms with Gasteiger partial charge in [0.25, 0.3) is 0 Å². The number of anilines is 2. The maximum Gasteiger partial charge on any atom is 0.321 e. The van der Waals surface area contributed by atoms with Gasteiger partial charge in [-0.05, 0) is 24.3 Å². The molecule has 0 fully saturated rings. The molecule has 4 aromatic rings. The van der Waals surface area contributed by atoms with Crippen LogP contribution in [0.25, 0.3) is 15.9 Å². The van der Waals surface area contributed by atoms with Gasteiger partial charge in [0, 0.05) is 27.7 Å². The zero-order valence-electron chi connectivity index (χ0n) is 16.0. The summed E-state index contributed by atoms with van der Waals surface area (Å²) in [6.45, 7) is 0.990. The van der Waals surface area contributed by atoms with E-state index in [4.69, 9.17) is 11.6 Å². The number of amides is 2.